The number of rotatable bonds is 3. The number of nitrogens with zero attached hydrogens (tertiary/aromatic N) is 3. The van der Waals surface area contributed by atoms with Crippen LogP contribution in [0.3, 0.4) is 0 Å². The second kappa shape index (κ2) is 9.11. The zero-order valence-electron chi connectivity index (χ0n) is 17.3. The standard InChI is InChI=1S/C24H19ClFN3O2S/c1-15-7-9-16(10-8-15)29-23(31)21(13-17-19(25)5-4-6-20(17)26)32-24(29)18(14-27)22(30)28-11-2-3-12-28/h4-10,13H,2-3,11-12H2,1H3. The maximum atomic E-state index is 14.4. The topological polar surface area (TPSA) is 66.1 Å². The smallest absolute Gasteiger partial charge is 0.273 e. The summed E-state index contributed by atoms with van der Waals surface area (Å²) in [7, 11) is 0. The van der Waals surface area contributed by atoms with E-state index in [4.69, 9.17) is 11.6 Å². The summed E-state index contributed by atoms with van der Waals surface area (Å²) in [5.74, 6) is -0.964. The highest BCUT2D eigenvalue weighted by Crippen LogP contribution is 2.19. The number of aryl methyl sites for hydroxylation is 1. The first kappa shape index (κ1) is 22.0. The third-order valence-electron chi connectivity index (χ3n) is 5.32. The number of halogens is 2. The Kier molecular flexibility index (Phi) is 6.26. The summed E-state index contributed by atoms with van der Waals surface area (Å²) in [5.41, 5.74) is 1.05. The molecule has 5 nitrogen and oxygen atoms in total. The second-order valence-electron chi connectivity index (χ2n) is 7.51. The monoisotopic (exact) mass is 467 g/mol. The molecule has 0 unspecified atom stereocenters. The number of benzene rings is 2. The minimum absolute atomic E-state index is 0.0829. The van der Waals surface area contributed by atoms with Gasteiger partial charge in [-0.2, -0.15) is 5.26 Å². The maximum Gasteiger partial charge on any atom is 0.273 e. The van der Waals surface area contributed by atoms with Crippen LogP contribution in [0.1, 0.15) is 24.0 Å². The average molecular weight is 468 g/mol. The molecule has 0 radical (unpaired) electrons. The Balaban J connectivity index is 2.05. The number of thiazole rings is 1. The van der Waals surface area contributed by atoms with Gasteiger partial charge in [0.1, 0.15) is 16.5 Å². The van der Waals surface area contributed by atoms with Gasteiger partial charge in [0.05, 0.1) is 15.2 Å². The highest BCUT2D eigenvalue weighted by Gasteiger charge is 2.24. The minimum atomic E-state index is -0.564. The molecule has 32 heavy (non-hydrogen) atoms. The van der Waals surface area contributed by atoms with E-state index in [1.54, 1.807) is 17.0 Å². The van der Waals surface area contributed by atoms with E-state index in [9.17, 15) is 19.2 Å². The Bertz CT molecular complexity index is 1390. The van der Waals surface area contributed by atoms with Crippen LogP contribution in [0.2, 0.25) is 5.02 Å². The summed E-state index contributed by atoms with van der Waals surface area (Å²) >= 11 is 7.13. The van der Waals surface area contributed by atoms with Crippen LogP contribution in [-0.4, -0.2) is 28.5 Å². The van der Waals surface area contributed by atoms with Crippen molar-refractivity contribution < 1.29 is 9.18 Å². The number of hydrogen-bond donors (Lipinski definition) is 0. The molecule has 0 aliphatic carbocycles. The molecule has 4 rings (SSSR count). The Hall–Kier alpha value is -3.21. The Morgan fingerprint density at radius 2 is 1.88 bits per heavy atom. The molecule has 1 saturated heterocycles. The first-order chi connectivity index (χ1) is 15.4. The highest BCUT2D eigenvalue weighted by molar-refractivity contribution is 7.07. The summed E-state index contributed by atoms with van der Waals surface area (Å²) in [6.45, 7) is 3.08. The van der Waals surface area contributed by atoms with E-state index in [1.807, 2.05) is 25.1 Å². The third-order valence-corrected chi connectivity index (χ3v) is 6.75. The lowest BCUT2D eigenvalue weighted by Crippen LogP contribution is -2.35. The number of hydrogen-bond acceptors (Lipinski definition) is 4. The summed E-state index contributed by atoms with van der Waals surface area (Å²) < 4.78 is 16.1. The van der Waals surface area contributed by atoms with Crippen molar-refractivity contribution >= 4 is 40.5 Å². The van der Waals surface area contributed by atoms with Crippen LogP contribution in [-0.2, 0) is 4.79 Å². The quantitative estimate of drug-likeness (QED) is 0.594. The SMILES string of the molecule is Cc1ccc(-n2c(=C(C#N)C(=O)N3CCCC3)sc(=Cc3c(F)cccc3Cl)c2=O)cc1. The van der Waals surface area contributed by atoms with Gasteiger partial charge in [-0.15, -0.1) is 11.3 Å². The molecule has 8 heteroatoms. The van der Waals surface area contributed by atoms with Crippen LogP contribution < -0.4 is 14.8 Å². The number of nitriles is 1. The van der Waals surface area contributed by atoms with Gasteiger partial charge in [0.25, 0.3) is 11.5 Å². The van der Waals surface area contributed by atoms with Crippen LogP contribution in [0.15, 0.2) is 47.3 Å². The van der Waals surface area contributed by atoms with Crippen molar-refractivity contribution in [1.82, 2.24) is 9.47 Å². The van der Waals surface area contributed by atoms with Crippen LogP contribution in [0, 0.1) is 24.1 Å². The average Bonchev–Trinajstić information content (AvgIpc) is 3.41. The number of amides is 1. The molecule has 162 valence electrons. The van der Waals surface area contributed by atoms with Gasteiger partial charge in [-0.05, 0) is 50.1 Å². The van der Waals surface area contributed by atoms with Crippen molar-refractivity contribution in [3.05, 3.63) is 84.0 Å². The molecule has 2 aromatic carbocycles. The molecule has 2 heterocycles. The molecule has 1 fully saturated rings. The fraction of sp³-hybridized carbons (Fsp3) is 0.208. The minimum Gasteiger partial charge on any atom is -0.338 e. The van der Waals surface area contributed by atoms with E-state index < -0.39 is 17.3 Å². The van der Waals surface area contributed by atoms with E-state index in [2.05, 4.69) is 0 Å². The first-order valence-electron chi connectivity index (χ1n) is 10.1. The molecule has 0 N–H and O–H groups in total. The summed E-state index contributed by atoms with van der Waals surface area (Å²) in [5, 5.41) is 10.0. The normalized spacial score (nSPS) is 15.1. The van der Waals surface area contributed by atoms with Crippen LogP contribution in [0.25, 0.3) is 17.3 Å². The lowest BCUT2D eigenvalue weighted by atomic mass is 10.2. The third kappa shape index (κ3) is 4.12. The molecule has 0 bridgehead atoms. The lowest BCUT2D eigenvalue weighted by molar-refractivity contribution is -0.123. The lowest BCUT2D eigenvalue weighted by Gasteiger charge is -2.14. The summed E-state index contributed by atoms with van der Waals surface area (Å²) in [4.78, 5) is 28.1. The molecule has 3 aromatic rings. The van der Waals surface area contributed by atoms with Gasteiger partial charge in [-0.3, -0.25) is 14.2 Å². The predicted molar refractivity (Wildman–Crippen MR) is 124 cm³/mol. The fourth-order valence-corrected chi connectivity index (χ4v) is 4.92. The molecular formula is C24H19ClFN3O2S. The van der Waals surface area contributed by atoms with E-state index in [0.717, 1.165) is 29.7 Å². The van der Waals surface area contributed by atoms with Crippen molar-refractivity contribution in [3.63, 3.8) is 0 Å². The zero-order chi connectivity index (χ0) is 22.8. The van der Waals surface area contributed by atoms with E-state index in [1.165, 1.54) is 28.8 Å². The predicted octanol–water partition coefficient (Wildman–Crippen LogP) is 3.13. The van der Waals surface area contributed by atoms with Crippen molar-refractivity contribution in [1.29, 1.82) is 5.26 Å². The van der Waals surface area contributed by atoms with Crippen molar-refractivity contribution in [3.8, 4) is 11.8 Å². The Labute approximate surface area is 192 Å². The maximum absolute atomic E-state index is 14.4. The Morgan fingerprint density at radius 3 is 2.50 bits per heavy atom. The number of carbonyl (C=O) groups excluding carboxylic acids is 1. The molecule has 0 spiro atoms. The largest absolute Gasteiger partial charge is 0.338 e. The summed E-state index contributed by atoms with van der Waals surface area (Å²) in [6.07, 6.45) is 3.13. The van der Waals surface area contributed by atoms with Crippen LogP contribution in [0.4, 0.5) is 4.39 Å². The van der Waals surface area contributed by atoms with Gasteiger partial charge in [-0.25, -0.2) is 4.39 Å². The van der Waals surface area contributed by atoms with Gasteiger partial charge in [0.2, 0.25) is 0 Å². The molecule has 1 amide bonds. The number of likely N-dealkylation sites (tertiary alicyclic amines) is 1. The van der Waals surface area contributed by atoms with E-state index in [0.29, 0.717) is 18.8 Å². The number of aromatic nitrogens is 1. The van der Waals surface area contributed by atoms with Crippen molar-refractivity contribution in [2.75, 3.05) is 13.1 Å². The van der Waals surface area contributed by atoms with Crippen LogP contribution in [0.5, 0.6) is 0 Å². The molecular weight excluding hydrogens is 449 g/mol. The van der Waals surface area contributed by atoms with Gasteiger partial charge in [0, 0.05) is 18.7 Å². The van der Waals surface area contributed by atoms with Crippen molar-refractivity contribution in [2.45, 2.75) is 19.8 Å². The van der Waals surface area contributed by atoms with Gasteiger partial charge >= 0.3 is 0 Å². The molecule has 1 aromatic heterocycles. The summed E-state index contributed by atoms with van der Waals surface area (Å²) in [6, 6.07) is 13.5. The highest BCUT2D eigenvalue weighted by atomic mass is 35.5. The number of carbonyl (C=O) groups is 1. The second-order valence-corrected chi connectivity index (χ2v) is 8.95. The van der Waals surface area contributed by atoms with E-state index >= 15 is 0 Å². The zero-order valence-corrected chi connectivity index (χ0v) is 18.8. The molecule has 1 aliphatic heterocycles. The first-order valence-corrected chi connectivity index (χ1v) is 11.3. The van der Waals surface area contributed by atoms with Crippen LogP contribution >= 0.6 is 22.9 Å². The molecule has 1 aliphatic rings. The molecule has 0 saturated carbocycles. The van der Waals surface area contributed by atoms with Crippen molar-refractivity contribution in [2.24, 2.45) is 0 Å². The van der Waals surface area contributed by atoms with Gasteiger partial charge in [0.15, 0.2) is 5.57 Å². The molecule has 0 atom stereocenters. The Morgan fingerprint density at radius 1 is 1.19 bits per heavy atom. The van der Waals surface area contributed by atoms with E-state index in [-0.39, 0.29) is 25.4 Å². The van der Waals surface area contributed by atoms with Gasteiger partial charge in [-0.1, -0.05) is 35.4 Å². The fourth-order valence-electron chi connectivity index (χ4n) is 3.62. The van der Waals surface area contributed by atoms with Gasteiger partial charge < -0.3 is 4.90 Å².